The zero-order valence-corrected chi connectivity index (χ0v) is 20.3. The van der Waals surface area contributed by atoms with Gasteiger partial charge in [-0.05, 0) is 55.3 Å². The second-order valence-corrected chi connectivity index (χ2v) is 9.25. The average molecular weight is 466 g/mol. The van der Waals surface area contributed by atoms with Crippen molar-refractivity contribution in [3.05, 3.63) is 63.7 Å². The maximum atomic E-state index is 15.4. The van der Waals surface area contributed by atoms with Gasteiger partial charge in [0, 0.05) is 25.5 Å². The normalized spacial score (nSPS) is 12.1. The Morgan fingerprint density at radius 1 is 1.18 bits per heavy atom. The molecule has 0 aliphatic heterocycles. The number of halogens is 1. The number of methoxy groups -OCH3 is 1. The molecule has 0 saturated heterocycles. The molecule has 0 aliphatic rings. The highest BCUT2D eigenvalue weighted by Crippen LogP contribution is 2.31. The molecule has 0 spiro atoms. The van der Waals surface area contributed by atoms with Gasteiger partial charge in [-0.2, -0.15) is 5.10 Å². The second-order valence-electron chi connectivity index (χ2n) is 9.25. The number of pyridine rings is 2. The number of rotatable bonds is 5. The van der Waals surface area contributed by atoms with Gasteiger partial charge in [0.15, 0.2) is 11.6 Å². The Kier molecular flexibility index (Phi) is 5.77. The van der Waals surface area contributed by atoms with E-state index in [1.807, 2.05) is 20.8 Å². The number of nitrogens with zero attached hydrogens (tertiary/aromatic N) is 5. The first-order valence-corrected chi connectivity index (χ1v) is 11.0. The maximum absolute atomic E-state index is 15.4. The summed E-state index contributed by atoms with van der Waals surface area (Å²) in [7, 11) is 3.16. The standard InChI is InChI=1S/C25H28FN5O3/c1-13(2)18-12-31(20-10-21(34-7)27-11-14(20)3)23(32)16-9-19(26)17(8-15(16)18)22-28-24(25(4,5)33)30(6)29-22/h8-13,33H,1-7H3. The summed E-state index contributed by atoms with van der Waals surface area (Å²) < 4.78 is 23.5. The monoisotopic (exact) mass is 465 g/mol. The Balaban J connectivity index is 2.01. The topological polar surface area (TPSA) is 95.1 Å². The van der Waals surface area contributed by atoms with Gasteiger partial charge in [0.2, 0.25) is 5.88 Å². The molecule has 1 aromatic carbocycles. The zero-order valence-electron chi connectivity index (χ0n) is 20.3. The summed E-state index contributed by atoms with van der Waals surface area (Å²) in [6.45, 7) is 9.06. The van der Waals surface area contributed by atoms with Crippen LogP contribution in [0.2, 0.25) is 0 Å². The van der Waals surface area contributed by atoms with Gasteiger partial charge in [0.1, 0.15) is 11.4 Å². The Labute approximate surface area is 196 Å². The van der Waals surface area contributed by atoms with Crippen LogP contribution in [-0.4, -0.2) is 36.5 Å². The summed E-state index contributed by atoms with van der Waals surface area (Å²) >= 11 is 0. The van der Waals surface area contributed by atoms with Crippen LogP contribution in [-0.2, 0) is 12.6 Å². The number of aryl methyl sites for hydroxylation is 2. The van der Waals surface area contributed by atoms with E-state index in [-0.39, 0.29) is 28.3 Å². The maximum Gasteiger partial charge on any atom is 0.263 e. The first kappa shape index (κ1) is 23.6. The van der Waals surface area contributed by atoms with E-state index in [4.69, 9.17) is 4.74 Å². The summed E-state index contributed by atoms with van der Waals surface area (Å²) in [6, 6.07) is 4.55. The van der Waals surface area contributed by atoms with Crippen molar-refractivity contribution in [1.29, 1.82) is 0 Å². The molecule has 0 radical (unpaired) electrons. The molecule has 8 nitrogen and oxygen atoms in total. The fourth-order valence-electron chi connectivity index (χ4n) is 4.09. The molecule has 1 N–H and O–H groups in total. The highest BCUT2D eigenvalue weighted by atomic mass is 19.1. The molecule has 0 atom stereocenters. The molecule has 0 bridgehead atoms. The lowest BCUT2D eigenvalue weighted by molar-refractivity contribution is 0.0648. The van der Waals surface area contributed by atoms with Crippen LogP contribution in [0, 0.1) is 12.7 Å². The van der Waals surface area contributed by atoms with Gasteiger partial charge in [0.05, 0.1) is 23.7 Å². The first-order valence-electron chi connectivity index (χ1n) is 11.0. The van der Waals surface area contributed by atoms with E-state index in [0.29, 0.717) is 22.8 Å². The summed E-state index contributed by atoms with van der Waals surface area (Å²) in [5.41, 5.74) is 0.835. The van der Waals surface area contributed by atoms with Crippen LogP contribution < -0.4 is 10.3 Å². The van der Waals surface area contributed by atoms with E-state index in [9.17, 15) is 9.90 Å². The van der Waals surface area contributed by atoms with Crippen molar-refractivity contribution in [3.8, 4) is 23.0 Å². The van der Waals surface area contributed by atoms with E-state index in [2.05, 4.69) is 15.1 Å². The third-order valence-corrected chi connectivity index (χ3v) is 5.83. The molecule has 4 aromatic rings. The highest BCUT2D eigenvalue weighted by molar-refractivity contribution is 5.89. The minimum absolute atomic E-state index is 0.0420. The quantitative estimate of drug-likeness (QED) is 0.479. The molecule has 0 aliphatic carbocycles. The van der Waals surface area contributed by atoms with Gasteiger partial charge in [-0.1, -0.05) is 13.8 Å². The molecular weight excluding hydrogens is 437 g/mol. The molecule has 34 heavy (non-hydrogen) atoms. The van der Waals surface area contributed by atoms with Crippen LogP contribution in [0.5, 0.6) is 5.88 Å². The number of fused-ring (bicyclic) bond motifs is 1. The molecule has 0 saturated carbocycles. The summed E-state index contributed by atoms with van der Waals surface area (Å²) in [4.78, 5) is 22.1. The molecule has 0 amide bonds. The fourth-order valence-corrected chi connectivity index (χ4v) is 4.09. The molecule has 4 rings (SSSR count). The summed E-state index contributed by atoms with van der Waals surface area (Å²) in [5.74, 6) is 0.259. The molecule has 9 heteroatoms. The molecule has 3 heterocycles. The van der Waals surface area contributed by atoms with Gasteiger partial charge < -0.3 is 9.84 Å². The van der Waals surface area contributed by atoms with Crippen LogP contribution in [0.15, 0.2) is 35.4 Å². The lowest BCUT2D eigenvalue weighted by Crippen LogP contribution is -2.21. The SMILES string of the molecule is COc1cc(-n2cc(C(C)C)c3cc(-c4nc(C(C)(C)O)n(C)n4)c(F)cc3c2=O)c(C)cn1. The molecule has 0 fully saturated rings. The Morgan fingerprint density at radius 2 is 1.88 bits per heavy atom. The predicted octanol–water partition coefficient (Wildman–Crippen LogP) is 3.99. The van der Waals surface area contributed by atoms with Crippen molar-refractivity contribution < 1.29 is 14.2 Å². The second kappa shape index (κ2) is 8.32. The average Bonchev–Trinajstić information content (AvgIpc) is 3.16. The highest BCUT2D eigenvalue weighted by Gasteiger charge is 2.26. The van der Waals surface area contributed by atoms with Crippen LogP contribution in [0.4, 0.5) is 4.39 Å². The fraction of sp³-hybridized carbons (Fsp3) is 0.360. The minimum atomic E-state index is -1.24. The predicted molar refractivity (Wildman–Crippen MR) is 128 cm³/mol. The van der Waals surface area contributed by atoms with E-state index < -0.39 is 11.4 Å². The van der Waals surface area contributed by atoms with E-state index in [0.717, 1.165) is 11.1 Å². The van der Waals surface area contributed by atoms with E-state index >= 15 is 4.39 Å². The number of hydrogen-bond donors (Lipinski definition) is 1. The zero-order chi connectivity index (χ0) is 24.9. The van der Waals surface area contributed by atoms with Gasteiger partial charge in [-0.3, -0.25) is 9.36 Å². The van der Waals surface area contributed by atoms with Gasteiger partial charge >= 0.3 is 0 Å². The van der Waals surface area contributed by atoms with Crippen LogP contribution in [0.1, 0.15) is 50.6 Å². The number of aliphatic hydroxyl groups is 1. The number of aromatic nitrogens is 5. The van der Waals surface area contributed by atoms with E-state index in [1.165, 1.54) is 22.4 Å². The van der Waals surface area contributed by atoms with Crippen LogP contribution in [0.3, 0.4) is 0 Å². The Morgan fingerprint density at radius 3 is 2.47 bits per heavy atom. The van der Waals surface area contributed by atoms with Crippen LogP contribution in [0.25, 0.3) is 27.8 Å². The minimum Gasteiger partial charge on any atom is -0.481 e. The molecule has 178 valence electrons. The van der Waals surface area contributed by atoms with Crippen molar-refractivity contribution in [2.24, 2.45) is 7.05 Å². The van der Waals surface area contributed by atoms with Gasteiger partial charge in [-0.15, -0.1) is 0 Å². The largest absolute Gasteiger partial charge is 0.481 e. The Bertz CT molecular complexity index is 1460. The number of ether oxygens (including phenoxy) is 1. The molecular formula is C25H28FN5O3. The van der Waals surface area contributed by atoms with Crippen molar-refractivity contribution in [2.75, 3.05) is 7.11 Å². The lowest BCUT2D eigenvalue weighted by atomic mass is 9.96. The van der Waals surface area contributed by atoms with E-state index in [1.54, 1.807) is 45.4 Å². The van der Waals surface area contributed by atoms with Crippen molar-refractivity contribution >= 4 is 10.8 Å². The summed E-state index contributed by atoms with van der Waals surface area (Å²) in [6.07, 6.45) is 3.42. The molecule has 0 unspecified atom stereocenters. The van der Waals surface area contributed by atoms with Gasteiger partial charge in [-0.25, -0.2) is 19.0 Å². The smallest absolute Gasteiger partial charge is 0.263 e. The van der Waals surface area contributed by atoms with Gasteiger partial charge in [0.25, 0.3) is 5.56 Å². The number of benzene rings is 1. The third-order valence-electron chi connectivity index (χ3n) is 5.83. The Hall–Kier alpha value is -3.59. The third kappa shape index (κ3) is 3.96. The van der Waals surface area contributed by atoms with Crippen molar-refractivity contribution in [2.45, 2.75) is 46.1 Å². The van der Waals surface area contributed by atoms with Crippen molar-refractivity contribution in [3.63, 3.8) is 0 Å². The van der Waals surface area contributed by atoms with Crippen molar-refractivity contribution in [1.82, 2.24) is 24.3 Å². The lowest BCUT2D eigenvalue weighted by Gasteiger charge is -2.17. The summed E-state index contributed by atoms with van der Waals surface area (Å²) in [5, 5.41) is 15.5. The first-order chi connectivity index (χ1) is 15.9. The van der Waals surface area contributed by atoms with Crippen LogP contribution >= 0.6 is 0 Å². The molecule has 3 aromatic heterocycles. The number of hydrogen-bond acceptors (Lipinski definition) is 6.